The van der Waals surface area contributed by atoms with Crippen LogP contribution in [0.25, 0.3) is 0 Å². The monoisotopic (exact) mass is 276 g/mol. The van der Waals surface area contributed by atoms with Gasteiger partial charge in [0.25, 0.3) is 0 Å². The van der Waals surface area contributed by atoms with Crippen molar-refractivity contribution in [2.45, 2.75) is 20.0 Å². The zero-order chi connectivity index (χ0) is 13.5. The Hall–Kier alpha value is -1.74. The highest BCUT2D eigenvalue weighted by Gasteiger charge is 1.99. The number of nitrogens with one attached hydrogen (secondary N) is 1. The van der Waals surface area contributed by atoms with Gasteiger partial charge in [0.05, 0.1) is 5.69 Å². The van der Waals surface area contributed by atoms with Crippen LogP contribution in [-0.4, -0.2) is 11.5 Å². The van der Waals surface area contributed by atoms with Crippen molar-refractivity contribution in [3.05, 3.63) is 53.2 Å². The summed E-state index contributed by atoms with van der Waals surface area (Å²) in [7, 11) is 0. The molecular weight excluding hydrogens is 260 g/mol. The van der Waals surface area contributed by atoms with Gasteiger partial charge < -0.3 is 10.1 Å². The van der Waals surface area contributed by atoms with Crippen molar-refractivity contribution in [1.29, 1.82) is 0 Å². The lowest BCUT2D eigenvalue weighted by Crippen LogP contribution is -2.04. The number of anilines is 1. The van der Waals surface area contributed by atoms with E-state index in [4.69, 9.17) is 16.3 Å². The van der Waals surface area contributed by atoms with E-state index in [1.165, 1.54) is 0 Å². The Labute approximate surface area is 118 Å². The minimum Gasteiger partial charge on any atom is -0.487 e. The first-order valence-corrected chi connectivity index (χ1v) is 6.74. The first kappa shape index (κ1) is 13.7. The Balaban J connectivity index is 1.93. The van der Waals surface area contributed by atoms with E-state index >= 15 is 0 Å². The van der Waals surface area contributed by atoms with Crippen LogP contribution < -0.4 is 10.1 Å². The van der Waals surface area contributed by atoms with Crippen LogP contribution in [0, 0.1) is 0 Å². The number of hydrogen-bond donors (Lipinski definition) is 1. The molecule has 0 aliphatic rings. The summed E-state index contributed by atoms with van der Waals surface area (Å²) >= 11 is 5.82. The average molecular weight is 277 g/mol. The lowest BCUT2D eigenvalue weighted by molar-refractivity contribution is 0.301. The molecule has 2 rings (SSSR count). The zero-order valence-electron chi connectivity index (χ0n) is 10.9. The fourth-order valence-corrected chi connectivity index (χ4v) is 1.73. The Morgan fingerprint density at radius 2 is 1.95 bits per heavy atom. The van der Waals surface area contributed by atoms with Crippen molar-refractivity contribution in [1.82, 2.24) is 4.98 Å². The van der Waals surface area contributed by atoms with Gasteiger partial charge >= 0.3 is 0 Å². The van der Waals surface area contributed by atoms with Gasteiger partial charge in [-0.15, -0.1) is 0 Å². The molecule has 0 radical (unpaired) electrons. The number of ether oxygens (including phenoxy) is 1. The largest absolute Gasteiger partial charge is 0.487 e. The quantitative estimate of drug-likeness (QED) is 0.861. The molecule has 1 aromatic heterocycles. The molecule has 0 aliphatic heterocycles. The number of pyridine rings is 1. The molecule has 0 bridgehead atoms. The molecule has 3 nitrogen and oxygen atoms in total. The number of benzene rings is 1. The molecule has 0 unspecified atom stereocenters. The topological polar surface area (TPSA) is 34.1 Å². The number of aromatic nitrogens is 1. The Bertz CT molecular complexity index is 514. The molecule has 0 saturated carbocycles. The molecule has 0 spiro atoms. The van der Waals surface area contributed by atoms with Gasteiger partial charge in [0.15, 0.2) is 0 Å². The van der Waals surface area contributed by atoms with E-state index in [0.717, 1.165) is 30.2 Å². The van der Waals surface area contributed by atoms with Gasteiger partial charge in [-0.05, 0) is 42.8 Å². The summed E-state index contributed by atoms with van der Waals surface area (Å²) < 4.78 is 5.66. The Kier molecular flexibility index (Phi) is 5.04. The van der Waals surface area contributed by atoms with E-state index < -0.39 is 0 Å². The van der Waals surface area contributed by atoms with Gasteiger partial charge in [0.2, 0.25) is 0 Å². The normalized spacial score (nSPS) is 10.2. The second kappa shape index (κ2) is 7.00. The van der Waals surface area contributed by atoms with Crippen LogP contribution in [0.3, 0.4) is 0 Å². The Morgan fingerprint density at radius 3 is 2.68 bits per heavy atom. The van der Waals surface area contributed by atoms with Crippen LogP contribution in [0.15, 0.2) is 42.5 Å². The lowest BCUT2D eigenvalue weighted by Gasteiger charge is -2.08. The minimum atomic E-state index is 0.448. The molecule has 0 fully saturated rings. The lowest BCUT2D eigenvalue weighted by atomic mass is 10.3. The van der Waals surface area contributed by atoms with E-state index in [2.05, 4.69) is 17.2 Å². The second-order valence-corrected chi connectivity index (χ2v) is 4.62. The highest BCUT2D eigenvalue weighted by atomic mass is 35.5. The average Bonchev–Trinajstić information content (AvgIpc) is 2.45. The molecule has 0 atom stereocenters. The maximum absolute atomic E-state index is 5.82. The summed E-state index contributed by atoms with van der Waals surface area (Å²) in [5.41, 5.74) is 0.899. The zero-order valence-corrected chi connectivity index (χ0v) is 11.7. The summed E-state index contributed by atoms with van der Waals surface area (Å²) in [6, 6.07) is 13.2. The summed E-state index contributed by atoms with van der Waals surface area (Å²) in [4.78, 5) is 4.48. The smallest absolute Gasteiger partial charge is 0.130 e. The van der Waals surface area contributed by atoms with Gasteiger partial charge in [-0.3, -0.25) is 0 Å². The number of nitrogens with zero attached hydrogens (tertiary/aromatic N) is 1. The van der Waals surface area contributed by atoms with Crippen molar-refractivity contribution in [3.63, 3.8) is 0 Å². The van der Waals surface area contributed by atoms with Crippen LogP contribution in [0.5, 0.6) is 5.75 Å². The highest BCUT2D eigenvalue weighted by Crippen LogP contribution is 2.16. The van der Waals surface area contributed by atoms with Gasteiger partial charge in [0, 0.05) is 11.6 Å². The molecule has 0 saturated heterocycles. The molecule has 1 N–H and O–H groups in total. The second-order valence-electron chi connectivity index (χ2n) is 4.18. The third-order valence-electron chi connectivity index (χ3n) is 2.56. The molecule has 4 heteroatoms. The van der Waals surface area contributed by atoms with Crippen molar-refractivity contribution in [3.8, 4) is 5.75 Å². The Morgan fingerprint density at radius 1 is 1.16 bits per heavy atom. The minimum absolute atomic E-state index is 0.448. The standard InChI is InChI=1S/C15H17ClN2O/c1-2-10-17-15-5-3-4-13(18-15)11-19-14-8-6-12(16)7-9-14/h3-9H,2,10-11H2,1H3,(H,17,18). The maximum Gasteiger partial charge on any atom is 0.130 e. The molecule has 19 heavy (non-hydrogen) atoms. The molecule has 2 aromatic rings. The van der Waals surface area contributed by atoms with Gasteiger partial charge in [-0.25, -0.2) is 4.98 Å². The molecule has 1 aromatic carbocycles. The van der Waals surface area contributed by atoms with Crippen LogP contribution in [0.2, 0.25) is 5.02 Å². The van der Waals surface area contributed by atoms with Crippen LogP contribution in [0.4, 0.5) is 5.82 Å². The third kappa shape index (κ3) is 4.45. The van der Waals surface area contributed by atoms with E-state index in [1.54, 1.807) is 0 Å². The van der Waals surface area contributed by atoms with Gasteiger partial charge in [0.1, 0.15) is 18.2 Å². The van der Waals surface area contributed by atoms with Crippen LogP contribution in [-0.2, 0) is 6.61 Å². The third-order valence-corrected chi connectivity index (χ3v) is 2.82. The van der Waals surface area contributed by atoms with E-state index in [9.17, 15) is 0 Å². The molecule has 1 heterocycles. The van der Waals surface area contributed by atoms with E-state index in [-0.39, 0.29) is 0 Å². The van der Waals surface area contributed by atoms with Crippen molar-refractivity contribution in [2.24, 2.45) is 0 Å². The molecule has 100 valence electrons. The number of rotatable bonds is 6. The first-order chi connectivity index (χ1) is 9.28. The molecule has 0 aliphatic carbocycles. The summed E-state index contributed by atoms with van der Waals surface area (Å²) in [5, 5.41) is 3.96. The number of halogens is 1. The van der Waals surface area contributed by atoms with Crippen LogP contribution >= 0.6 is 11.6 Å². The molecule has 0 amide bonds. The van der Waals surface area contributed by atoms with Crippen molar-refractivity contribution < 1.29 is 4.74 Å². The van der Waals surface area contributed by atoms with E-state index in [0.29, 0.717) is 11.6 Å². The molecular formula is C15H17ClN2O. The van der Waals surface area contributed by atoms with E-state index in [1.807, 2.05) is 42.5 Å². The predicted octanol–water partition coefficient (Wildman–Crippen LogP) is 4.14. The van der Waals surface area contributed by atoms with Gasteiger partial charge in [-0.1, -0.05) is 24.6 Å². The summed E-state index contributed by atoms with van der Waals surface area (Å²) in [6.45, 7) is 3.50. The summed E-state index contributed by atoms with van der Waals surface area (Å²) in [6.07, 6.45) is 1.08. The van der Waals surface area contributed by atoms with Gasteiger partial charge in [-0.2, -0.15) is 0 Å². The maximum atomic E-state index is 5.82. The van der Waals surface area contributed by atoms with Crippen molar-refractivity contribution >= 4 is 17.4 Å². The number of hydrogen-bond acceptors (Lipinski definition) is 3. The fourth-order valence-electron chi connectivity index (χ4n) is 1.60. The predicted molar refractivity (Wildman–Crippen MR) is 78.8 cm³/mol. The SMILES string of the molecule is CCCNc1cccc(COc2ccc(Cl)cc2)n1. The fraction of sp³-hybridized carbons (Fsp3) is 0.267. The summed E-state index contributed by atoms with van der Waals surface area (Å²) in [5.74, 6) is 1.68. The highest BCUT2D eigenvalue weighted by molar-refractivity contribution is 6.30. The first-order valence-electron chi connectivity index (χ1n) is 6.36. The van der Waals surface area contributed by atoms with Crippen molar-refractivity contribution in [2.75, 3.05) is 11.9 Å². The van der Waals surface area contributed by atoms with Crippen LogP contribution in [0.1, 0.15) is 19.0 Å².